The minimum absolute atomic E-state index is 0.164. The molecule has 0 spiro atoms. The van der Waals surface area contributed by atoms with Crippen molar-refractivity contribution in [3.63, 3.8) is 0 Å². The Hall–Kier alpha value is -1.44. The van der Waals surface area contributed by atoms with Crippen LogP contribution in [0.5, 0.6) is 0 Å². The fourth-order valence-corrected chi connectivity index (χ4v) is 2.90. The van der Waals surface area contributed by atoms with Crippen molar-refractivity contribution in [1.29, 1.82) is 0 Å². The van der Waals surface area contributed by atoms with Gasteiger partial charge in [0.2, 0.25) is 10.0 Å². The summed E-state index contributed by atoms with van der Waals surface area (Å²) in [5.41, 5.74) is 0.444. The van der Waals surface area contributed by atoms with Gasteiger partial charge in [0.25, 0.3) is 5.91 Å². The molecule has 7 heteroatoms. The Kier molecular flexibility index (Phi) is 7.50. The van der Waals surface area contributed by atoms with Gasteiger partial charge in [-0.3, -0.25) is 4.79 Å². The largest absolute Gasteiger partial charge is 0.351 e. The van der Waals surface area contributed by atoms with Crippen LogP contribution in [0.1, 0.15) is 31.1 Å². The van der Waals surface area contributed by atoms with Crippen LogP contribution in [0.15, 0.2) is 29.2 Å². The first kappa shape index (κ1) is 18.6. The van der Waals surface area contributed by atoms with E-state index in [0.29, 0.717) is 25.2 Å². The van der Waals surface area contributed by atoms with E-state index in [1.165, 1.54) is 24.3 Å². The van der Waals surface area contributed by atoms with Crippen molar-refractivity contribution < 1.29 is 13.2 Å². The maximum absolute atomic E-state index is 12.0. The monoisotopic (exact) mass is 327 g/mol. The Balaban J connectivity index is 2.64. The molecule has 0 unspecified atom stereocenters. The number of carbonyl (C=O) groups excluding carboxylic acids is 1. The van der Waals surface area contributed by atoms with Crippen LogP contribution in [0, 0.1) is 5.92 Å². The molecule has 3 N–H and O–H groups in total. The van der Waals surface area contributed by atoms with Crippen molar-refractivity contribution in [2.45, 2.75) is 25.7 Å². The molecule has 0 heterocycles. The van der Waals surface area contributed by atoms with Crippen LogP contribution in [0.2, 0.25) is 0 Å². The molecule has 0 atom stereocenters. The van der Waals surface area contributed by atoms with Crippen molar-refractivity contribution in [2.75, 3.05) is 26.2 Å². The summed E-state index contributed by atoms with van der Waals surface area (Å²) in [6.45, 7) is 8.33. The SMILES string of the molecule is CCNCCNC(=O)c1ccc(S(=O)(=O)NCC(C)C)cc1. The molecule has 0 fully saturated rings. The predicted molar refractivity (Wildman–Crippen MR) is 87.3 cm³/mol. The number of benzene rings is 1. The third kappa shape index (κ3) is 6.13. The van der Waals surface area contributed by atoms with Gasteiger partial charge in [-0.1, -0.05) is 20.8 Å². The van der Waals surface area contributed by atoms with Crippen LogP contribution in [-0.4, -0.2) is 40.5 Å². The molecule has 1 aromatic carbocycles. The Morgan fingerprint density at radius 1 is 1.14 bits per heavy atom. The zero-order valence-electron chi connectivity index (χ0n) is 13.3. The van der Waals surface area contributed by atoms with Gasteiger partial charge in [-0.2, -0.15) is 0 Å². The van der Waals surface area contributed by atoms with E-state index in [0.717, 1.165) is 6.54 Å². The standard InChI is InChI=1S/C15H25N3O3S/c1-4-16-9-10-17-15(19)13-5-7-14(8-6-13)22(20,21)18-11-12(2)3/h5-8,12,16,18H,4,9-11H2,1-3H3,(H,17,19). The fourth-order valence-electron chi connectivity index (χ4n) is 1.69. The molecule has 124 valence electrons. The number of carbonyl (C=O) groups is 1. The summed E-state index contributed by atoms with van der Waals surface area (Å²) in [6, 6.07) is 5.93. The molecule has 1 aromatic rings. The quantitative estimate of drug-likeness (QED) is 0.590. The average molecular weight is 327 g/mol. The van der Waals surface area contributed by atoms with Gasteiger partial charge in [0.1, 0.15) is 0 Å². The molecule has 1 rings (SSSR count). The Labute approximate surface area is 132 Å². The van der Waals surface area contributed by atoms with E-state index in [2.05, 4.69) is 15.4 Å². The number of nitrogens with one attached hydrogen (secondary N) is 3. The Morgan fingerprint density at radius 3 is 2.32 bits per heavy atom. The van der Waals surface area contributed by atoms with E-state index in [4.69, 9.17) is 0 Å². The maximum Gasteiger partial charge on any atom is 0.251 e. The van der Waals surface area contributed by atoms with Crippen LogP contribution in [0.3, 0.4) is 0 Å². The highest BCUT2D eigenvalue weighted by molar-refractivity contribution is 7.89. The highest BCUT2D eigenvalue weighted by atomic mass is 32.2. The number of amides is 1. The summed E-state index contributed by atoms with van der Waals surface area (Å²) in [4.78, 5) is 12.0. The molecule has 0 aromatic heterocycles. The van der Waals surface area contributed by atoms with Crippen molar-refractivity contribution >= 4 is 15.9 Å². The smallest absolute Gasteiger partial charge is 0.251 e. The number of likely N-dealkylation sites (N-methyl/N-ethyl adjacent to an activating group) is 1. The third-order valence-electron chi connectivity index (χ3n) is 2.95. The molecule has 6 nitrogen and oxygen atoms in total. The molecule has 0 aliphatic heterocycles. The predicted octanol–water partition coefficient (Wildman–Crippen LogP) is 0.960. The second kappa shape index (κ2) is 8.87. The maximum atomic E-state index is 12.0. The zero-order chi connectivity index (χ0) is 16.6. The Morgan fingerprint density at radius 2 is 1.77 bits per heavy atom. The summed E-state index contributed by atoms with van der Waals surface area (Å²) in [6.07, 6.45) is 0. The van der Waals surface area contributed by atoms with Crippen molar-refractivity contribution in [2.24, 2.45) is 5.92 Å². The van der Waals surface area contributed by atoms with Crippen molar-refractivity contribution in [1.82, 2.24) is 15.4 Å². The first-order valence-corrected chi connectivity index (χ1v) is 8.93. The van der Waals surface area contributed by atoms with Crippen LogP contribution in [0.25, 0.3) is 0 Å². The zero-order valence-corrected chi connectivity index (χ0v) is 14.2. The average Bonchev–Trinajstić information content (AvgIpc) is 2.49. The number of rotatable bonds is 9. The molecular formula is C15H25N3O3S. The molecule has 0 bridgehead atoms. The lowest BCUT2D eigenvalue weighted by molar-refractivity contribution is 0.0954. The van der Waals surface area contributed by atoms with Gasteiger partial charge in [-0.25, -0.2) is 13.1 Å². The lowest BCUT2D eigenvalue weighted by atomic mass is 10.2. The van der Waals surface area contributed by atoms with E-state index in [-0.39, 0.29) is 16.7 Å². The second-order valence-electron chi connectivity index (χ2n) is 5.38. The molecule has 0 aliphatic carbocycles. The third-order valence-corrected chi connectivity index (χ3v) is 4.39. The molecule has 0 saturated heterocycles. The Bertz CT molecular complexity index is 568. The summed E-state index contributed by atoms with van der Waals surface area (Å²) >= 11 is 0. The number of hydrogen-bond acceptors (Lipinski definition) is 4. The topological polar surface area (TPSA) is 87.3 Å². The fraction of sp³-hybridized carbons (Fsp3) is 0.533. The molecule has 0 radical (unpaired) electrons. The van der Waals surface area contributed by atoms with Gasteiger partial charge in [-0.15, -0.1) is 0 Å². The van der Waals surface area contributed by atoms with Gasteiger partial charge >= 0.3 is 0 Å². The van der Waals surface area contributed by atoms with E-state index >= 15 is 0 Å². The molecule has 0 saturated carbocycles. The van der Waals surface area contributed by atoms with E-state index < -0.39 is 10.0 Å². The van der Waals surface area contributed by atoms with Gasteiger partial charge in [0, 0.05) is 25.2 Å². The summed E-state index contributed by atoms with van der Waals surface area (Å²) in [7, 11) is -3.51. The molecule has 1 amide bonds. The van der Waals surface area contributed by atoms with Gasteiger partial charge in [-0.05, 0) is 36.7 Å². The van der Waals surface area contributed by atoms with Crippen molar-refractivity contribution in [3.8, 4) is 0 Å². The number of hydrogen-bond donors (Lipinski definition) is 3. The van der Waals surface area contributed by atoms with Gasteiger partial charge in [0.05, 0.1) is 4.90 Å². The molecule has 22 heavy (non-hydrogen) atoms. The first-order valence-electron chi connectivity index (χ1n) is 7.45. The minimum atomic E-state index is -3.51. The van der Waals surface area contributed by atoms with Crippen LogP contribution < -0.4 is 15.4 Å². The lowest BCUT2D eigenvalue weighted by Crippen LogP contribution is -2.31. The summed E-state index contributed by atoms with van der Waals surface area (Å²) < 4.78 is 26.6. The van der Waals surface area contributed by atoms with E-state index in [1.54, 1.807) is 0 Å². The molecular weight excluding hydrogens is 302 g/mol. The highest BCUT2D eigenvalue weighted by Gasteiger charge is 2.15. The molecule has 0 aliphatic rings. The normalized spacial score (nSPS) is 11.6. The lowest BCUT2D eigenvalue weighted by Gasteiger charge is -2.09. The van der Waals surface area contributed by atoms with Crippen LogP contribution >= 0.6 is 0 Å². The summed E-state index contributed by atoms with van der Waals surface area (Å²) in [5.74, 6) is 0.0218. The van der Waals surface area contributed by atoms with Crippen molar-refractivity contribution in [3.05, 3.63) is 29.8 Å². The van der Waals surface area contributed by atoms with Gasteiger partial charge < -0.3 is 10.6 Å². The van der Waals surface area contributed by atoms with Gasteiger partial charge in [0.15, 0.2) is 0 Å². The van der Waals surface area contributed by atoms with Crippen LogP contribution in [-0.2, 0) is 10.0 Å². The first-order chi connectivity index (χ1) is 10.4. The van der Waals surface area contributed by atoms with E-state index in [9.17, 15) is 13.2 Å². The number of sulfonamides is 1. The highest BCUT2D eigenvalue weighted by Crippen LogP contribution is 2.11. The summed E-state index contributed by atoms with van der Waals surface area (Å²) in [5, 5.41) is 5.87. The minimum Gasteiger partial charge on any atom is -0.351 e. The van der Waals surface area contributed by atoms with E-state index in [1.807, 2.05) is 20.8 Å². The second-order valence-corrected chi connectivity index (χ2v) is 7.15. The van der Waals surface area contributed by atoms with Crippen LogP contribution in [0.4, 0.5) is 0 Å².